The number of nitrogens with two attached hydrogens (primary N) is 1. The molecule has 2 fully saturated rings. The van der Waals surface area contributed by atoms with Crippen molar-refractivity contribution in [3.05, 3.63) is 29.8 Å². The molecule has 20 heavy (non-hydrogen) atoms. The minimum absolute atomic E-state index is 0.163. The first kappa shape index (κ1) is 13.9. The summed E-state index contributed by atoms with van der Waals surface area (Å²) in [7, 11) is 0. The Kier molecular flexibility index (Phi) is 4.27. The quantitative estimate of drug-likeness (QED) is 0.919. The number of benzene rings is 1. The van der Waals surface area contributed by atoms with Gasteiger partial charge >= 0.3 is 0 Å². The van der Waals surface area contributed by atoms with Gasteiger partial charge in [0.05, 0.1) is 0 Å². The van der Waals surface area contributed by atoms with Gasteiger partial charge in [-0.1, -0.05) is 31.5 Å². The lowest BCUT2D eigenvalue weighted by Crippen LogP contribution is -2.55. The Balaban J connectivity index is 1.79. The van der Waals surface area contributed by atoms with Crippen LogP contribution in [0.25, 0.3) is 0 Å². The molecule has 2 aliphatic rings. The van der Waals surface area contributed by atoms with Crippen LogP contribution in [0.3, 0.4) is 0 Å². The number of fused-ring (bicyclic) bond motifs is 1. The minimum atomic E-state index is 0.163. The van der Waals surface area contributed by atoms with Gasteiger partial charge in [-0.25, -0.2) is 0 Å². The Hall–Kier alpha value is -1.06. The highest BCUT2D eigenvalue weighted by Crippen LogP contribution is 2.30. The van der Waals surface area contributed by atoms with Crippen LogP contribution in [0, 0.1) is 0 Å². The largest absolute Gasteiger partial charge is 0.368 e. The monoisotopic (exact) mass is 273 g/mol. The summed E-state index contributed by atoms with van der Waals surface area (Å²) in [6.45, 7) is 6.99. The zero-order chi connectivity index (χ0) is 13.9. The smallest absolute Gasteiger partial charge is 0.0415 e. The Bertz CT molecular complexity index is 446. The number of piperidine rings is 1. The lowest BCUT2D eigenvalue weighted by Gasteiger charge is -2.45. The summed E-state index contributed by atoms with van der Waals surface area (Å²) < 4.78 is 0. The molecule has 3 heteroatoms. The van der Waals surface area contributed by atoms with Crippen LogP contribution in [-0.4, -0.2) is 37.1 Å². The summed E-state index contributed by atoms with van der Waals surface area (Å²) in [5.41, 5.74) is 8.98. The fraction of sp³-hybridized carbons (Fsp3) is 0.647. The summed E-state index contributed by atoms with van der Waals surface area (Å²) >= 11 is 0. The third-order valence-corrected chi connectivity index (χ3v) is 4.95. The van der Waals surface area contributed by atoms with Crippen molar-refractivity contribution in [2.24, 2.45) is 5.73 Å². The van der Waals surface area contributed by atoms with E-state index in [2.05, 4.69) is 41.0 Å². The zero-order valence-corrected chi connectivity index (χ0v) is 12.6. The topological polar surface area (TPSA) is 32.5 Å². The summed E-state index contributed by atoms with van der Waals surface area (Å²) in [5.74, 6) is 0. The number of hydrogen-bond acceptors (Lipinski definition) is 3. The van der Waals surface area contributed by atoms with Crippen molar-refractivity contribution in [2.45, 2.75) is 44.7 Å². The van der Waals surface area contributed by atoms with Crippen LogP contribution in [0.1, 0.15) is 44.2 Å². The lowest BCUT2D eigenvalue weighted by molar-refractivity contribution is 0.133. The third-order valence-electron chi connectivity index (χ3n) is 4.95. The van der Waals surface area contributed by atoms with Gasteiger partial charge < -0.3 is 10.6 Å². The van der Waals surface area contributed by atoms with Gasteiger partial charge in [-0.05, 0) is 37.4 Å². The first-order chi connectivity index (χ1) is 9.79. The van der Waals surface area contributed by atoms with Gasteiger partial charge in [-0.15, -0.1) is 0 Å². The zero-order valence-electron chi connectivity index (χ0n) is 12.6. The molecule has 2 N–H and O–H groups in total. The molecule has 3 rings (SSSR count). The molecular formula is C17H27N3. The maximum Gasteiger partial charge on any atom is 0.0415 e. The van der Waals surface area contributed by atoms with E-state index in [1.807, 2.05) is 0 Å². The van der Waals surface area contributed by atoms with Gasteiger partial charge in [-0.2, -0.15) is 0 Å². The van der Waals surface area contributed by atoms with E-state index in [9.17, 15) is 0 Å². The van der Waals surface area contributed by atoms with Crippen LogP contribution in [0.2, 0.25) is 0 Å². The van der Waals surface area contributed by atoms with Gasteiger partial charge in [0, 0.05) is 37.4 Å². The predicted molar refractivity (Wildman–Crippen MR) is 85.1 cm³/mol. The molecule has 1 aromatic rings. The van der Waals surface area contributed by atoms with Crippen molar-refractivity contribution in [1.29, 1.82) is 0 Å². The molecule has 2 atom stereocenters. The molecule has 0 amide bonds. The Morgan fingerprint density at radius 1 is 1.20 bits per heavy atom. The third kappa shape index (κ3) is 2.70. The summed E-state index contributed by atoms with van der Waals surface area (Å²) in [6, 6.07) is 9.64. The number of hydrogen-bond donors (Lipinski definition) is 1. The molecule has 0 bridgehead atoms. The van der Waals surface area contributed by atoms with Crippen molar-refractivity contribution in [3.8, 4) is 0 Å². The molecule has 0 saturated carbocycles. The first-order valence-electron chi connectivity index (χ1n) is 8.13. The van der Waals surface area contributed by atoms with Gasteiger partial charge in [-0.3, -0.25) is 4.90 Å². The van der Waals surface area contributed by atoms with Crippen LogP contribution in [0.15, 0.2) is 24.3 Å². The van der Waals surface area contributed by atoms with Crippen LogP contribution >= 0.6 is 0 Å². The van der Waals surface area contributed by atoms with Crippen LogP contribution in [-0.2, 0) is 0 Å². The highest BCUT2D eigenvalue weighted by atomic mass is 15.3. The fourth-order valence-electron chi connectivity index (χ4n) is 3.68. The van der Waals surface area contributed by atoms with E-state index in [4.69, 9.17) is 5.73 Å². The van der Waals surface area contributed by atoms with Gasteiger partial charge in [0.15, 0.2) is 0 Å². The summed E-state index contributed by atoms with van der Waals surface area (Å²) in [6.07, 6.45) is 5.14. The second-order valence-corrected chi connectivity index (χ2v) is 6.21. The number of nitrogens with zero attached hydrogens (tertiary/aromatic N) is 2. The minimum Gasteiger partial charge on any atom is -0.368 e. The maximum atomic E-state index is 6.30. The molecule has 0 radical (unpaired) electrons. The highest BCUT2D eigenvalue weighted by molar-refractivity contribution is 5.55. The summed E-state index contributed by atoms with van der Waals surface area (Å²) in [4.78, 5) is 5.25. The van der Waals surface area contributed by atoms with E-state index in [1.165, 1.54) is 50.1 Å². The lowest BCUT2D eigenvalue weighted by atomic mass is 9.97. The molecule has 1 aromatic carbocycles. The van der Waals surface area contributed by atoms with Crippen molar-refractivity contribution in [2.75, 3.05) is 31.1 Å². The van der Waals surface area contributed by atoms with Crippen molar-refractivity contribution < 1.29 is 0 Å². The first-order valence-corrected chi connectivity index (χ1v) is 8.13. The molecule has 0 spiro atoms. The molecule has 3 nitrogen and oxygen atoms in total. The second-order valence-electron chi connectivity index (χ2n) is 6.21. The molecule has 2 heterocycles. The van der Waals surface area contributed by atoms with E-state index >= 15 is 0 Å². The molecular weight excluding hydrogens is 246 g/mol. The van der Waals surface area contributed by atoms with Crippen LogP contribution < -0.4 is 10.6 Å². The van der Waals surface area contributed by atoms with Gasteiger partial charge in [0.1, 0.15) is 0 Å². The normalized spacial score (nSPS) is 25.3. The van der Waals surface area contributed by atoms with E-state index < -0.39 is 0 Å². The molecule has 110 valence electrons. The SMILES string of the molecule is CC[C@@H](N)c1ccccc1N1CCN2CCCCC2C1. The van der Waals surface area contributed by atoms with E-state index in [-0.39, 0.29) is 6.04 Å². The van der Waals surface area contributed by atoms with E-state index in [0.717, 1.165) is 19.0 Å². The molecule has 0 aliphatic carbocycles. The van der Waals surface area contributed by atoms with Gasteiger partial charge in [0.25, 0.3) is 0 Å². The van der Waals surface area contributed by atoms with Crippen molar-refractivity contribution >= 4 is 5.69 Å². The number of para-hydroxylation sites is 1. The molecule has 2 saturated heterocycles. The molecule has 2 aliphatic heterocycles. The number of anilines is 1. The second kappa shape index (κ2) is 6.15. The molecule has 0 aromatic heterocycles. The Labute approximate surface area is 122 Å². The summed E-state index contributed by atoms with van der Waals surface area (Å²) in [5, 5.41) is 0. The molecule has 1 unspecified atom stereocenters. The average molecular weight is 273 g/mol. The highest BCUT2D eigenvalue weighted by Gasteiger charge is 2.29. The Morgan fingerprint density at radius 2 is 2.05 bits per heavy atom. The number of piperazine rings is 1. The van der Waals surface area contributed by atoms with Crippen molar-refractivity contribution in [1.82, 2.24) is 4.90 Å². The van der Waals surface area contributed by atoms with E-state index in [0.29, 0.717) is 0 Å². The standard InChI is InChI=1S/C17H27N3/c1-2-16(18)15-8-3-4-9-17(15)20-12-11-19-10-6-5-7-14(19)13-20/h3-4,8-9,14,16H,2,5-7,10-13,18H2,1H3/t14?,16-/m1/s1. The fourth-order valence-corrected chi connectivity index (χ4v) is 3.68. The average Bonchev–Trinajstić information content (AvgIpc) is 2.53. The predicted octanol–water partition coefficient (Wildman–Crippen LogP) is 2.77. The van der Waals surface area contributed by atoms with Crippen LogP contribution in [0.4, 0.5) is 5.69 Å². The number of rotatable bonds is 3. The van der Waals surface area contributed by atoms with Crippen LogP contribution in [0.5, 0.6) is 0 Å². The van der Waals surface area contributed by atoms with Gasteiger partial charge in [0.2, 0.25) is 0 Å². The maximum absolute atomic E-state index is 6.30. The Morgan fingerprint density at radius 3 is 2.90 bits per heavy atom. The van der Waals surface area contributed by atoms with Crippen molar-refractivity contribution in [3.63, 3.8) is 0 Å². The van der Waals surface area contributed by atoms with E-state index in [1.54, 1.807) is 0 Å².